The Bertz CT molecular complexity index is 1440. The summed E-state index contributed by atoms with van der Waals surface area (Å²) in [6.07, 6.45) is 1.34. The zero-order valence-electron chi connectivity index (χ0n) is 20.1. The summed E-state index contributed by atoms with van der Waals surface area (Å²) >= 11 is 12.4. The fourth-order valence-corrected chi connectivity index (χ4v) is 6.10. The summed E-state index contributed by atoms with van der Waals surface area (Å²) < 4.78 is 9.62. The Morgan fingerprint density at radius 2 is 1.47 bits per heavy atom. The van der Waals surface area contributed by atoms with Gasteiger partial charge in [-0.15, -0.1) is 0 Å². The van der Waals surface area contributed by atoms with Gasteiger partial charge in [-0.25, -0.2) is 19.6 Å². The van der Waals surface area contributed by atoms with Gasteiger partial charge in [0.2, 0.25) is 5.91 Å². The molecule has 36 heavy (non-hydrogen) atoms. The molecule has 0 spiro atoms. The second-order valence-electron chi connectivity index (χ2n) is 9.67. The molecule has 1 fully saturated rings. The number of ether oxygens (including phenoxy) is 2. The number of nitrogens with one attached hydrogen (secondary N) is 1. The van der Waals surface area contributed by atoms with Crippen LogP contribution in [0, 0.1) is 5.41 Å². The Labute approximate surface area is 217 Å². The summed E-state index contributed by atoms with van der Waals surface area (Å²) in [6, 6.07) is 7.63. The van der Waals surface area contributed by atoms with Gasteiger partial charge in [-0.05, 0) is 48.6 Å². The lowest BCUT2D eigenvalue weighted by molar-refractivity contribution is -0.124. The van der Waals surface area contributed by atoms with Crippen molar-refractivity contribution in [1.82, 2.24) is 9.97 Å². The van der Waals surface area contributed by atoms with E-state index in [1.165, 1.54) is 32.4 Å². The minimum atomic E-state index is -0.979. The van der Waals surface area contributed by atoms with E-state index in [1.807, 2.05) is 13.8 Å². The number of benzene rings is 2. The van der Waals surface area contributed by atoms with Gasteiger partial charge in [-0.2, -0.15) is 0 Å². The first-order valence-electron chi connectivity index (χ1n) is 11.3. The van der Waals surface area contributed by atoms with Crippen LogP contribution in [0.15, 0.2) is 30.3 Å². The Morgan fingerprint density at radius 3 is 2.03 bits per heavy atom. The molecule has 1 N–H and O–H groups in total. The number of halogens is 2. The third-order valence-electron chi connectivity index (χ3n) is 7.67. The van der Waals surface area contributed by atoms with Crippen molar-refractivity contribution >= 4 is 57.8 Å². The van der Waals surface area contributed by atoms with Gasteiger partial charge in [0.25, 0.3) is 0 Å². The summed E-state index contributed by atoms with van der Waals surface area (Å²) in [4.78, 5) is 48.2. The van der Waals surface area contributed by atoms with Gasteiger partial charge in [-0.1, -0.05) is 37.0 Å². The molecule has 10 heteroatoms. The van der Waals surface area contributed by atoms with Crippen molar-refractivity contribution in [2.45, 2.75) is 38.0 Å². The molecule has 2 atom stereocenters. The molecule has 2 unspecified atom stereocenters. The van der Waals surface area contributed by atoms with Crippen LogP contribution in [0.5, 0.6) is 0 Å². The summed E-state index contributed by atoms with van der Waals surface area (Å²) in [7, 11) is 2.48. The van der Waals surface area contributed by atoms with Gasteiger partial charge in [0.1, 0.15) is 0 Å². The lowest BCUT2D eigenvalue weighted by Gasteiger charge is -2.36. The molecule has 1 heterocycles. The number of hydrogen-bond acceptors (Lipinski definition) is 7. The second-order valence-corrected chi connectivity index (χ2v) is 10.5. The van der Waals surface area contributed by atoms with E-state index in [2.05, 4.69) is 5.32 Å². The maximum Gasteiger partial charge on any atom is 0.337 e. The molecule has 8 nitrogen and oxygen atoms in total. The van der Waals surface area contributed by atoms with Gasteiger partial charge in [0, 0.05) is 11.6 Å². The summed E-state index contributed by atoms with van der Waals surface area (Å²) in [6.45, 7) is 4.09. The Hall–Kier alpha value is -3.23. The number of carbonyl (C=O) groups is 3. The quantitative estimate of drug-likeness (QED) is 0.458. The first kappa shape index (κ1) is 24.5. The number of amides is 1. The standard InChI is InChI=1S/C26H23Cl2N3O5/c1-25(2)15-5-6-26(25,21-20(15)30-18-10-16(27)17(28)11-19(18)31-21)24(34)29-14-8-12(22(32)35-3)7-13(9-14)23(33)36-4/h7-11,15H,5-6H2,1-4H3,(H,29,34). The molecular formula is C26H23Cl2N3O5. The molecular weight excluding hydrogens is 505 g/mol. The van der Waals surface area contributed by atoms with Crippen LogP contribution in [0.4, 0.5) is 5.69 Å². The highest BCUT2D eigenvalue weighted by Crippen LogP contribution is 2.67. The zero-order valence-corrected chi connectivity index (χ0v) is 21.6. The number of rotatable bonds is 4. The van der Waals surface area contributed by atoms with E-state index < -0.39 is 22.8 Å². The minimum Gasteiger partial charge on any atom is -0.465 e. The third kappa shape index (κ3) is 3.38. The normalized spacial score (nSPS) is 21.2. The number of aromatic nitrogens is 2. The molecule has 0 saturated heterocycles. The van der Waals surface area contributed by atoms with Crippen LogP contribution in [0.25, 0.3) is 11.0 Å². The number of fused-ring (bicyclic) bond motifs is 6. The monoisotopic (exact) mass is 527 g/mol. The van der Waals surface area contributed by atoms with E-state index >= 15 is 0 Å². The van der Waals surface area contributed by atoms with Crippen molar-refractivity contribution in [1.29, 1.82) is 0 Å². The van der Waals surface area contributed by atoms with Crippen molar-refractivity contribution in [3.05, 3.63) is 62.9 Å². The summed E-state index contributed by atoms with van der Waals surface area (Å²) in [5, 5.41) is 3.68. The average Bonchev–Trinajstić information content (AvgIpc) is 3.23. The van der Waals surface area contributed by atoms with E-state index in [0.29, 0.717) is 33.2 Å². The largest absolute Gasteiger partial charge is 0.465 e. The van der Waals surface area contributed by atoms with Crippen molar-refractivity contribution in [3.8, 4) is 0 Å². The van der Waals surface area contributed by atoms with E-state index in [-0.39, 0.29) is 28.6 Å². The molecule has 1 saturated carbocycles. The lowest BCUT2D eigenvalue weighted by atomic mass is 9.67. The summed E-state index contributed by atoms with van der Waals surface area (Å²) in [5.74, 6) is -1.55. The average molecular weight is 528 g/mol. The number of nitrogens with zero attached hydrogens (tertiary/aromatic N) is 2. The third-order valence-corrected chi connectivity index (χ3v) is 8.39. The van der Waals surface area contributed by atoms with E-state index in [1.54, 1.807) is 12.1 Å². The molecule has 0 aliphatic heterocycles. The molecule has 5 rings (SSSR count). The van der Waals surface area contributed by atoms with E-state index in [0.717, 1.165) is 12.1 Å². The Kier molecular flexibility index (Phi) is 5.72. The van der Waals surface area contributed by atoms with Gasteiger partial charge >= 0.3 is 11.9 Å². The van der Waals surface area contributed by atoms with Crippen LogP contribution < -0.4 is 5.32 Å². The highest BCUT2D eigenvalue weighted by atomic mass is 35.5. The van der Waals surface area contributed by atoms with E-state index in [4.69, 9.17) is 42.6 Å². The number of carbonyl (C=O) groups excluding carboxylic acids is 3. The van der Waals surface area contributed by atoms with E-state index in [9.17, 15) is 14.4 Å². The number of hydrogen-bond donors (Lipinski definition) is 1. The molecule has 2 aliphatic carbocycles. The van der Waals surface area contributed by atoms with Crippen molar-refractivity contribution in [2.24, 2.45) is 5.41 Å². The van der Waals surface area contributed by atoms with Crippen LogP contribution >= 0.6 is 23.2 Å². The lowest BCUT2D eigenvalue weighted by Crippen LogP contribution is -2.46. The number of esters is 2. The molecule has 2 aliphatic rings. The van der Waals surface area contributed by atoms with Crippen LogP contribution in [0.3, 0.4) is 0 Å². The van der Waals surface area contributed by atoms with Gasteiger partial charge in [-0.3, -0.25) is 4.79 Å². The van der Waals surface area contributed by atoms with Crippen molar-refractivity contribution < 1.29 is 23.9 Å². The fraction of sp³-hybridized carbons (Fsp3) is 0.346. The predicted octanol–water partition coefficient (Wildman–Crippen LogP) is 5.30. The zero-order chi connectivity index (χ0) is 26.0. The predicted molar refractivity (Wildman–Crippen MR) is 135 cm³/mol. The van der Waals surface area contributed by atoms with Crippen LogP contribution in [0.2, 0.25) is 10.0 Å². The number of methoxy groups -OCH3 is 2. The minimum absolute atomic E-state index is 0.0247. The van der Waals surface area contributed by atoms with Crippen molar-refractivity contribution in [3.63, 3.8) is 0 Å². The maximum atomic E-state index is 14.1. The SMILES string of the molecule is COC(=O)c1cc(NC(=O)C23CCC(c4nc5cc(Cl)c(Cl)cc5nc42)C3(C)C)cc(C(=O)OC)c1. The van der Waals surface area contributed by atoms with Gasteiger partial charge in [0.15, 0.2) is 0 Å². The highest BCUT2D eigenvalue weighted by Gasteiger charge is 2.67. The molecule has 2 bridgehead atoms. The number of anilines is 1. The Balaban J connectivity index is 1.62. The van der Waals surface area contributed by atoms with Crippen LogP contribution in [-0.2, 0) is 19.7 Å². The molecule has 1 aromatic heterocycles. The summed E-state index contributed by atoms with van der Waals surface area (Å²) in [5.41, 5.74) is 1.60. The molecule has 3 aromatic rings. The Morgan fingerprint density at radius 1 is 0.917 bits per heavy atom. The first-order valence-corrected chi connectivity index (χ1v) is 12.1. The highest BCUT2D eigenvalue weighted by molar-refractivity contribution is 6.42. The molecule has 186 valence electrons. The van der Waals surface area contributed by atoms with Crippen LogP contribution in [0.1, 0.15) is 64.7 Å². The maximum absolute atomic E-state index is 14.1. The van der Waals surface area contributed by atoms with Crippen LogP contribution in [-0.4, -0.2) is 42.0 Å². The second kappa shape index (κ2) is 8.42. The molecule has 2 aromatic carbocycles. The van der Waals surface area contributed by atoms with Gasteiger partial charge < -0.3 is 14.8 Å². The topological polar surface area (TPSA) is 107 Å². The first-order chi connectivity index (χ1) is 17.0. The smallest absolute Gasteiger partial charge is 0.337 e. The molecule has 0 radical (unpaired) electrons. The van der Waals surface area contributed by atoms with Gasteiger partial charge in [0.05, 0.1) is 63.2 Å². The molecule has 1 amide bonds. The fourth-order valence-electron chi connectivity index (χ4n) is 5.79. The van der Waals surface area contributed by atoms with Crippen molar-refractivity contribution in [2.75, 3.05) is 19.5 Å².